The molecule has 0 bridgehead atoms. The van der Waals surface area contributed by atoms with Gasteiger partial charge in [-0.3, -0.25) is 28.8 Å². The van der Waals surface area contributed by atoms with Crippen molar-refractivity contribution in [3.63, 3.8) is 0 Å². The molecule has 1 N–H and O–H groups in total. The number of benzene rings is 6. The van der Waals surface area contributed by atoms with E-state index in [1.165, 1.54) is 24.3 Å². The largest absolute Gasteiger partial charge is 0.492 e. The van der Waals surface area contributed by atoms with Gasteiger partial charge in [0.15, 0.2) is 0 Å². The summed E-state index contributed by atoms with van der Waals surface area (Å²) < 4.78 is 58.1. The fourth-order valence-electron chi connectivity index (χ4n) is 8.05. The van der Waals surface area contributed by atoms with E-state index in [4.69, 9.17) is 28.8 Å². The van der Waals surface area contributed by atoms with Crippen molar-refractivity contribution in [1.82, 2.24) is 0 Å². The minimum Gasteiger partial charge on any atom is -0.492 e. The van der Waals surface area contributed by atoms with Gasteiger partial charge in [0.25, 0.3) is 23.6 Å². The van der Waals surface area contributed by atoms with Gasteiger partial charge in [-0.25, -0.2) is 18.6 Å². The molecule has 2 aliphatic heterocycles. The van der Waals surface area contributed by atoms with Crippen LogP contribution in [0.2, 0.25) is 0 Å². The average molecular weight is 903 g/mol. The van der Waals surface area contributed by atoms with Crippen LogP contribution in [0.3, 0.4) is 0 Å². The standard InChI is InChI=1S/C26H24FNO6.C24H20FNO6/c1-4-32-20(29)14-15-11-12-19(18(27)13-15)28-25(30)21-22(26(28)31)24(34-6-3)17-10-8-7-9-16(17)23(21)33-5-2;1-3-31-21-14-7-5-6-8-15(14)22(32-4-2)20-19(21)23(29)26(24(20)30)17-10-9-13(11-16(17)25)12-18(27)28/h7-13H,4-6,14H2,1-3H3;5-11H,3-4,12H2,1-2H3,(H,27,28). The van der Waals surface area contributed by atoms with Gasteiger partial charge >= 0.3 is 11.9 Å². The Morgan fingerprint density at radius 2 is 0.803 bits per heavy atom. The van der Waals surface area contributed by atoms with Crippen LogP contribution >= 0.6 is 0 Å². The van der Waals surface area contributed by atoms with Crippen molar-refractivity contribution in [3.8, 4) is 23.0 Å². The summed E-state index contributed by atoms with van der Waals surface area (Å²) in [6.07, 6.45) is -0.505. The summed E-state index contributed by atoms with van der Waals surface area (Å²) in [5.74, 6) is -5.16. The Hall–Kier alpha value is -7.88. The van der Waals surface area contributed by atoms with E-state index in [-0.39, 0.29) is 108 Å². The molecule has 340 valence electrons. The molecule has 6 aromatic carbocycles. The summed E-state index contributed by atoms with van der Waals surface area (Å²) in [6.45, 7) is 10.0. The molecule has 0 aliphatic carbocycles. The van der Waals surface area contributed by atoms with Crippen LogP contribution in [0.1, 0.15) is 87.2 Å². The van der Waals surface area contributed by atoms with Crippen LogP contribution in [0.4, 0.5) is 20.2 Å². The van der Waals surface area contributed by atoms with Crippen molar-refractivity contribution in [3.05, 3.63) is 130 Å². The van der Waals surface area contributed by atoms with Gasteiger partial charge in [-0.15, -0.1) is 0 Å². The number of halogens is 2. The lowest BCUT2D eigenvalue weighted by molar-refractivity contribution is -0.142. The molecule has 16 heteroatoms. The van der Waals surface area contributed by atoms with Gasteiger partial charge in [0.2, 0.25) is 0 Å². The molecule has 2 heterocycles. The molecule has 0 unspecified atom stereocenters. The third kappa shape index (κ3) is 8.32. The predicted octanol–water partition coefficient (Wildman–Crippen LogP) is 8.89. The normalized spacial score (nSPS) is 12.8. The summed E-state index contributed by atoms with van der Waals surface area (Å²) in [4.78, 5) is 78.1. The van der Waals surface area contributed by atoms with E-state index >= 15 is 4.39 Å². The SMILES string of the molecule is CCOC(=O)Cc1ccc(N2C(=O)c3c(c(OCC)c4ccccc4c3OCC)C2=O)c(F)c1.CCOc1c2c(c(OCC)c3ccccc13)C(=O)N(c1ccc(CC(=O)O)cc1F)C2=O. The molecule has 66 heavy (non-hydrogen) atoms. The molecule has 14 nitrogen and oxygen atoms in total. The second-order valence-electron chi connectivity index (χ2n) is 14.7. The van der Waals surface area contributed by atoms with Crippen molar-refractivity contribution in [2.75, 3.05) is 42.8 Å². The molecule has 8 rings (SSSR count). The monoisotopic (exact) mass is 902 g/mol. The molecule has 0 fully saturated rings. The highest BCUT2D eigenvalue weighted by Crippen LogP contribution is 2.48. The maximum Gasteiger partial charge on any atom is 0.310 e. The van der Waals surface area contributed by atoms with Crippen LogP contribution < -0.4 is 28.7 Å². The maximum atomic E-state index is 15.1. The van der Waals surface area contributed by atoms with Crippen LogP contribution in [0.5, 0.6) is 23.0 Å². The van der Waals surface area contributed by atoms with Crippen LogP contribution in [0, 0.1) is 11.6 Å². The lowest BCUT2D eigenvalue weighted by atomic mass is 9.99. The molecule has 0 saturated heterocycles. The number of carboxylic acids is 1. The predicted molar refractivity (Wildman–Crippen MR) is 239 cm³/mol. The fourth-order valence-corrected chi connectivity index (χ4v) is 8.05. The van der Waals surface area contributed by atoms with E-state index in [1.54, 1.807) is 83.1 Å². The number of nitrogens with zero attached hydrogens (tertiary/aromatic N) is 2. The molecule has 0 atom stereocenters. The number of hydrogen-bond donors (Lipinski definition) is 1. The zero-order valence-electron chi connectivity index (χ0n) is 36.6. The van der Waals surface area contributed by atoms with Crippen molar-refractivity contribution in [1.29, 1.82) is 0 Å². The van der Waals surface area contributed by atoms with Gasteiger partial charge in [-0.1, -0.05) is 60.7 Å². The first-order chi connectivity index (χ1) is 31.8. The van der Waals surface area contributed by atoms with E-state index in [0.29, 0.717) is 27.1 Å². The zero-order valence-corrected chi connectivity index (χ0v) is 36.6. The summed E-state index contributed by atoms with van der Waals surface area (Å²) in [6, 6.07) is 21.8. The summed E-state index contributed by atoms with van der Waals surface area (Å²) in [7, 11) is 0. The second kappa shape index (κ2) is 19.5. The Labute approximate surface area is 377 Å². The fraction of sp³-hybridized carbons (Fsp3) is 0.240. The number of carbonyl (C=O) groups is 6. The highest BCUT2D eigenvalue weighted by atomic mass is 19.1. The third-order valence-electron chi connectivity index (χ3n) is 10.6. The van der Waals surface area contributed by atoms with Crippen LogP contribution in [-0.2, 0) is 27.2 Å². The van der Waals surface area contributed by atoms with Gasteiger partial charge in [0, 0.05) is 21.5 Å². The van der Waals surface area contributed by atoms with Crippen LogP contribution in [0.15, 0.2) is 84.9 Å². The van der Waals surface area contributed by atoms with E-state index < -0.39 is 47.2 Å². The van der Waals surface area contributed by atoms with Gasteiger partial charge in [-0.05, 0) is 70.0 Å². The molecule has 0 saturated carbocycles. The van der Waals surface area contributed by atoms with E-state index in [2.05, 4.69) is 0 Å². The Balaban J connectivity index is 0.000000197. The number of fused-ring (bicyclic) bond motifs is 4. The number of esters is 1. The molecule has 4 amide bonds. The van der Waals surface area contributed by atoms with Gasteiger partial charge in [0.05, 0.1) is 79.5 Å². The van der Waals surface area contributed by atoms with Crippen molar-refractivity contribution in [2.45, 2.75) is 47.5 Å². The third-order valence-corrected chi connectivity index (χ3v) is 10.6. The first-order valence-electron chi connectivity index (χ1n) is 21.2. The van der Waals surface area contributed by atoms with Gasteiger partial charge in [-0.2, -0.15) is 0 Å². The summed E-state index contributed by atoms with van der Waals surface area (Å²) in [5.41, 5.74) is 0.235. The van der Waals surface area contributed by atoms with Crippen LogP contribution in [0.25, 0.3) is 21.5 Å². The quantitative estimate of drug-likeness (QED) is 0.0767. The average Bonchev–Trinajstić information content (AvgIpc) is 3.70. The van der Waals surface area contributed by atoms with Gasteiger partial charge in [0.1, 0.15) is 34.6 Å². The Morgan fingerprint density at radius 3 is 1.08 bits per heavy atom. The molecular weight excluding hydrogens is 859 g/mol. The number of carboxylic acid groups (broad SMARTS) is 1. The molecule has 0 spiro atoms. The number of anilines is 2. The number of aliphatic carboxylic acids is 1. The van der Waals surface area contributed by atoms with Gasteiger partial charge < -0.3 is 28.8 Å². The van der Waals surface area contributed by atoms with E-state index in [0.717, 1.165) is 21.9 Å². The highest BCUT2D eigenvalue weighted by molar-refractivity contribution is 6.39. The maximum absolute atomic E-state index is 15.1. The Morgan fingerprint density at radius 1 is 0.485 bits per heavy atom. The summed E-state index contributed by atoms with van der Waals surface area (Å²) in [5, 5.41) is 11.4. The van der Waals surface area contributed by atoms with E-state index in [9.17, 15) is 33.2 Å². The molecular formula is C50H44F2N2O12. The van der Waals surface area contributed by atoms with Crippen molar-refractivity contribution >= 4 is 68.5 Å². The minimum absolute atomic E-state index is 0.0213. The molecule has 0 radical (unpaired) electrons. The lowest BCUT2D eigenvalue weighted by Crippen LogP contribution is -2.30. The first kappa shape index (κ1) is 46.1. The highest BCUT2D eigenvalue weighted by Gasteiger charge is 2.46. The number of rotatable bonds is 15. The van der Waals surface area contributed by atoms with E-state index in [1.807, 2.05) is 0 Å². The zero-order chi connectivity index (χ0) is 47.4. The number of ether oxygens (including phenoxy) is 5. The topological polar surface area (TPSA) is 175 Å². The Kier molecular flexibility index (Phi) is 13.6. The van der Waals surface area contributed by atoms with Crippen LogP contribution in [-0.4, -0.2) is 73.7 Å². The number of hydrogen-bond acceptors (Lipinski definition) is 11. The summed E-state index contributed by atoms with van der Waals surface area (Å²) >= 11 is 0. The molecule has 6 aromatic rings. The molecule has 0 aromatic heterocycles. The van der Waals surface area contributed by atoms with Crippen molar-refractivity contribution < 1.29 is 66.3 Å². The number of imide groups is 2. The second-order valence-corrected chi connectivity index (χ2v) is 14.7. The lowest BCUT2D eigenvalue weighted by Gasteiger charge is -2.16. The molecule has 2 aliphatic rings. The van der Waals surface area contributed by atoms with Crippen molar-refractivity contribution in [2.24, 2.45) is 0 Å². The number of carbonyl (C=O) groups excluding carboxylic acids is 5. The first-order valence-corrected chi connectivity index (χ1v) is 21.2. The minimum atomic E-state index is -1.12. The Bertz CT molecular complexity index is 2840. The smallest absolute Gasteiger partial charge is 0.310 e. The number of amides is 4.